The molecule has 182 valence electrons. The first kappa shape index (κ1) is 24.2. The van der Waals surface area contributed by atoms with Gasteiger partial charge in [-0.2, -0.15) is 0 Å². The Kier molecular flexibility index (Phi) is 7.80. The minimum atomic E-state index is -0.492. The van der Waals surface area contributed by atoms with Crippen molar-refractivity contribution in [3.63, 3.8) is 0 Å². The lowest BCUT2D eigenvalue weighted by atomic mass is 10.0. The Labute approximate surface area is 199 Å². The van der Waals surface area contributed by atoms with Crippen LogP contribution in [0.4, 0.5) is 0 Å². The SMILES string of the molecule is CNC(=O)c1cc(C(=O)C[C@H]2C[C@@H]2C)cn(Cc2cccc(OCCN3CCOCC3)c2)c1=O. The number of Topliss-reactive ketones (excluding diaryl/α,β-unsaturated/α-hetero) is 1. The van der Waals surface area contributed by atoms with Crippen molar-refractivity contribution in [2.75, 3.05) is 46.5 Å². The highest BCUT2D eigenvalue weighted by Gasteiger charge is 2.34. The molecule has 1 amide bonds. The van der Waals surface area contributed by atoms with Gasteiger partial charge in [0.1, 0.15) is 17.9 Å². The van der Waals surface area contributed by atoms with Gasteiger partial charge in [0.25, 0.3) is 11.5 Å². The van der Waals surface area contributed by atoms with Crippen LogP contribution >= 0.6 is 0 Å². The molecule has 0 spiro atoms. The van der Waals surface area contributed by atoms with Gasteiger partial charge in [-0.05, 0) is 42.0 Å². The molecule has 8 heteroatoms. The number of pyridine rings is 1. The maximum Gasteiger partial charge on any atom is 0.263 e. The molecule has 1 N–H and O–H groups in total. The molecule has 1 aliphatic carbocycles. The fraction of sp³-hybridized carbons (Fsp3) is 0.500. The van der Waals surface area contributed by atoms with Crippen molar-refractivity contribution in [2.24, 2.45) is 11.8 Å². The van der Waals surface area contributed by atoms with E-state index in [9.17, 15) is 14.4 Å². The van der Waals surface area contributed by atoms with Crippen molar-refractivity contribution in [1.82, 2.24) is 14.8 Å². The van der Waals surface area contributed by atoms with Gasteiger partial charge in [0.05, 0.1) is 19.8 Å². The van der Waals surface area contributed by atoms with Crippen LogP contribution in [0.5, 0.6) is 5.75 Å². The van der Waals surface area contributed by atoms with E-state index in [0.29, 0.717) is 30.4 Å². The first-order chi connectivity index (χ1) is 16.4. The van der Waals surface area contributed by atoms with Crippen LogP contribution in [0.25, 0.3) is 0 Å². The Hall–Kier alpha value is -2.97. The van der Waals surface area contributed by atoms with Crippen molar-refractivity contribution in [3.05, 3.63) is 63.6 Å². The minimum absolute atomic E-state index is 0.0184. The van der Waals surface area contributed by atoms with Crippen molar-refractivity contribution in [3.8, 4) is 5.75 Å². The third kappa shape index (κ3) is 6.12. The summed E-state index contributed by atoms with van der Waals surface area (Å²) in [6, 6.07) is 9.00. The van der Waals surface area contributed by atoms with Crippen LogP contribution in [0.15, 0.2) is 41.3 Å². The molecular formula is C26H33N3O5. The van der Waals surface area contributed by atoms with E-state index < -0.39 is 11.5 Å². The average Bonchev–Trinajstić information content (AvgIpc) is 3.54. The van der Waals surface area contributed by atoms with Gasteiger partial charge in [0.15, 0.2) is 5.78 Å². The number of carbonyl (C=O) groups is 2. The van der Waals surface area contributed by atoms with Crippen LogP contribution in [0.3, 0.4) is 0 Å². The Morgan fingerprint density at radius 2 is 1.97 bits per heavy atom. The zero-order chi connectivity index (χ0) is 24.1. The molecule has 2 fully saturated rings. The summed E-state index contributed by atoms with van der Waals surface area (Å²) in [7, 11) is 1.48. The molecule has 1 aromatic heterocycles. The fourth-order valence-corrected chi connectivity index (χ4v) is 4.29. The molecule has 34 heavy (non-hydrogen) atoms. The number of morpholine rings is 1. The second-order valence-corrected chi connectivity index (χ2v) is 9.20. The molecule has 1 saturated carbocycles. The predicted octanol–water partition coefficient (Wildman–Crippen LogP) is 2.20. The van der Waals surface area contributed by atoms with E-state index in [4.69, 9.17) is 9.47 Å². The van der Waals surface area contributed by atoms with Crippen molar-refractivity contribution < 1.29 is 19.1 Å². The zero-order valence-electron chi connectivity index (χ0n) is 19.9. The molecule has 0 bridgehead atoms. The van der Waals surface area contributed by atoms with E-state index in [2.05, 4.69) is 17.1 Å². The van der Waals surface area contributed by atoms with Gasteiger partial charge in [-0.3, -0.25) is 19.3 Å². The summed E-state index contributed by atoms with van der Waals surface area (Å²) in [5.41, 5.74) is 0.814. The van der Waals surface area contributed by atoms with Gasteiger partial charge >= 0.3 is 0 Å². The summed E-state index contributed by atoms with van der Waals surface area (Å²) in [4.78, 5) is 40.5. The Balaban J connectivity index is 1.48. The van der Waals surface area contributed by atoms with E-state index in [1.165, 1.54) is 17.7 Å². The van der Waals surface area contributed by atoms with Gasteiger partial charge < -0.3 is 19.4 Å². The molecule has 0 unspecified atom stereocenters. The summed E-state index contributed by atoms with van der Waals surface area (Å²) in [5, 5.41) is 2.50. The van der Waals surface area contributed by atoms with Crippen LogP contribution in [0, 0.1) is 11.8 Å². The molecule has 4 rings (SSSR count). The predicted molar refractivity (Wildman–Crippen MR) is 129 cm³/mol. The van der Waals surface area contributed by atoms with E-state index in [0.717, 1.165) is 50.6 Å². The van der Waals surface area contributed by atoms with Gasteiger partial charge in [0.2, 0.25) is 0 Å². The van der Waals surface area contributed by atoms with Crippen molar-refractivity contribution >= 4 is 11.7 Å². The number of rotatable bonds is 10. The molecule has 1 aromatic carbocycles. The Bertz CT molecular complexity index is 1090. The molecule has 2 atom stereocenters. The van der Waals surface area contributed by atoms with Crippen LogP contribution in [0.1, 0.15) is 46.0 Å². The summed E-state index contributed by atoms with van der Waals surface area (Å²) in [5.74, 6) is 1.14. The van der Waals surface area contributed by atoms with Crippen molar-refractivity contribution in [2.45, 2.75) is 26.3 Å². The number of hydrogen-bond acceptors (Lipinski definition) is 6. The van der Waals surface area contributed by atoms with Gasteiger partial charge in [-0.15, -0.1) is 0 Å². The number of benzene rings is 1. The highest BCUT2D eigenvalue weighted by Crippen LogP contribution is 2.41. The largest absolute Gasteiger partial charge is 0.492 e. The third-order valence-electron chi connectivity index (χ3n) is 6.63. The van der Waals surface area contributed by atoms with Crippen LogP contribution in [-0.4, -0.2) is 67.7 Å². The number of aromatic nitrogens is 1. The third-order valence-corrected chi connectivity index (χ3v) is 6.63. The van der Waals surface area contributed by atoms with Crippen molar-refractivity contribution in [1.29, 1.82) is 0 Å². The van der Waals surface area contributed by atoms with Gasteiger partial charge in [-0.1, -0.05) is 19.1 Å². The maximum atomic E-state index is 13.0. The molecular weight excluding hydrogens is 434 g/mol. The number of hydrogen-bond donors (Lipinski definition) is 1. The zero-order valence-corrected chi connectivity index (χ0v) is 19.9. The highest BCUT2D eigenvalue weighted by atomic mass is 16.5. The molecule has 2 aliphatic rings. The average molecular weight is 468 g/mol. The second-order valence-electron chi connectivity index (χ2n) is 9.20. The van der Waals surface area contributed by atoms with E-state index in [1.54, 1.807) is 6.20 Å². The number of ether oxygens (including phenoxy) is 2. The highest BCUT2D eigenvalue weighted by molar-refractivity contribution is 6.00. The Morgan fingerprint density at radius 1 is 1.21 bits per heavy atom. The first-order valence-electron chi connectivity index (χ1n) is 12.0. The lowest BCUT2D eigenvalue weighted by molar-refractivity contribution is 0.0322. The molecule has 1 aliphatic heterocycles. The standard InChI is InChI=1S/C26H33N3O5/c1-18-12-20(18)15-24(30)21-14-23(25(31)27-2)26(32)29(17-21)16-19-4-3-5-22(13-19)34-11-8-28-6-9-33-10-7-28/h3-5,13-14,17-18,20H,6-12,15-16H2,1-2H3,(H,27,31)/t18-,20+/m0/s1. The minimum Gasteiger partial charge on any atom is -0.492 e. The number of amides is 1. The lowest BCUT2D eigenvalue weighted by Gasteiger charge is -2.26. The van der Waals surface area contributed by atoms with E-state index in [1.807, 2.05) is 24.3 Å². The van der Waals surface area contributed by atoms with Crippen LogP contribution < -0.4 is 15.6 Å². The summed E-state index contributed by atoms with van der Waals surface area (Å²) < 4.78 is 12.7. The van der Waals surface area contributed by atoms with Crippen LogP contribution in [-0.2, 0) is 11.3 Å². The lowest BCUT2D eigenvalue weighted by Crippen LogP contribution is -2.38. The molecule has 8 nitrogen and oxygen atoms in total. The number of carbonyl (C=O) groups excluding carboxylic acids is 2. The normalized spacial score (nSPS) is 20.1. The number of nitrogens with zero attached hydrogens (tertiary/aromatic N) is 2. The molecule has 2 heterocycles. The van der Waals surface area contributed by atoms with Gasteiger partial charge in [-0.25, -0.2) is 0 Å². The fourth-order valence-electron chi connectivity index (χ4n) is 4.29. The Morgan fingerprint density at radius 3 is 2.68 bits per heavy atom. The van der Waals surface area contributed by atoms with Gasteiger partial charge in [0, 0.05) is 44.9 Å². The second kappa shape index (κ2) is 11.0. The first-order valence-corrected chi connectivity index (χ1v) is 12.0. The van der Waals surface area contributed by atoms with E-state index in [-0.39, 0.29) is 17.9 Å². The topological polar surface area (TPSA) is 89.9 Å². The molecule has 1 saturated heterocycles. The number of nitrogens with one attached hydrogen (secondary N) is 1. The monoisotopic (exact) mass is 467 g/mol. The summed E-state index contributed by atoms with van der Waals surface area (Å²) >= 11 is 0. The summed E-state index contributed by atoms with van der Waals surface area (Å²) in [6.45, 7) is 7.09. The van der Waals surface area contributed by atoms with E-state index >= 15 is 0 Å². The summed E-state index contributed by atoms with van der Waals surface area (Å²) in [6.07, 6.45) is 3.07. The molecule has 0 radical (unpaired) electrons. The van der Waals surface area contributed by atoms with Crippen LogP contribution in [0.2, 0.25) is 0 Å². The quantitative estimate of drug-likeness (QED) is 0.539. The number of ketones is 1. The maximum absolute atomic E-state index is 13.0. The smallest absolute Gasteiger partial charge is 0.263 e. The molecule has 2 aromatic rings.